The van der Waals surface area contributed by atoms with Crippen LogP contribution in [-0.4, -0.2) is 56.0 Å². The van der Waals surface area contributed by atoms with Crippen LogP contribution in [0.25, 0.3) is 0 Å². The maximum atomic E-state index is 12.1. The highest BCUT2D eigenvalue weighted by Crippen LogP contribution is 2.40. The molecular weight excluding hydrogens is 312 g/mol. The van der Waals surface area contributed by atoms with Gasteiger partial charge in [0.25, 0.3) is 5.91 Å². The zero-order valence-electron chi connectivity index (χ0n) is 11.9. The van der Waals surface area contributed by atoms with E-state index in [1.54, 1.807) is 6.92 Å². The Bertz CT molecular complexity index is 573. The van der Waals surface area contributed by atoms with Gasteiger partial charge < -0.3 is 15.5 Å². The van der Waals surface area contributed by atoms with E-state index in [1.807, 2.05) is 0 Å². The number of rotatable bonds is 6. The van der Waals surface area contributed by atoms with Crippen molar-refractivity contribution in [1.29, 1.82) is 0 Å². The van der Waals surface area contributed by atoms with Gasteiger partial charge in [-0.15, -0.1) is 11.8 Å². The molecule has 0 aromatic heterocycles. The molecule has 2 heterocycles. The van der Waals surface area contributed by atoms with Crippen molar-refractivity contribution in [3.8, 4) is 0 Å². The number of aliphatic carboxylic acids is 2. The Morgan fingerprint density at radius 1 is 1.32 bits per heavy atom. The number of carbonyl (C=O) groups is 4. The third kappa shape index (κ3) is 3.08. The van der Waals surface area contributed by atoms with Crippen LogP contribution < -0.4 is 5.32 Å². The van der Waals surface area contributed by atoms with E-state index >= 15 is 0 Å². The maximum Gasteiger partial charge on any atom is 0.352 e. The number of carbonyl (C=O) groups excluding carboxylic acids is 2. The van der Waals surface area contributed by atoms with Crippen LogP contribution in [0.4, 0.5) is 0 Å². The fraction of sp³-hybridized carbons (Fsp3) is 0.538. The predicted molar refractivity (Wildman–Crippen MR) is 76.8 cm³/mol. The minimum atomic E-state index is -1.15. The van der Waals surface area contributed by atoms with E-state index in [2.05, 4.69) is 5.32 Å². The molecule has 120 valence electrons. The Balaban J connectivity index is 1.94. The molecule has 0 bridgehead atoms. The first-order valence-corrected chi connectivity index (χ1v) is 7.76. The molecule has 1 fully saturated rings. The first-order chi connectivity index (χ1) is 10.3. The molecule has 8 nitrogen and oxygen atoms in total. The molecule has 1 saturated heterocycles. The van der Waals surface area contributed by atoms with Gasteiger partial charge in [-0.2, -0.15) is 0 Å². The standard InChI is InChI=1S/C13H16N2O6S/c1-6-5-22-12-9(11(19)15(12)10(6)13(20)21)14-7(16)3-2-4-8(17)18/h9,12H,2-5H2,1H3,(H,14,16)(H,17,18)(H,20,21)/t9-,12+/m0/s1. The average Bonchev–Trinajstić information content (AvgIpc) is 2.43. The molecular formula is C13H16N2O6S. The first kappa shape index (κ1) is 16.3. The number of β-lactam (4-membered cyclic amide) rings is 1. The van der Waals surface area contributed by atoms with Gasteiger partial charge in [-0.25, -0.2) is 4.79 Å². The molecule has 0 spiro atoms. The van der Waals surface area contributed by atoms with Gasteiger partial charge in [0.05, 0.1) is 0 Å². The number of hydrogen-bond donors (Lipinski definition) is 3. The maximum absolute atomic E-state index is 12.1. The summed E-state index contributed by atoms with van der Waals surface area (Å²) in [5.74, 6) is -2.49. The van der Waals surface area contributed by atoms with Crippen molar-refractivity contribution in [2.75, 3.05) is 5.75 Å². The Labute approximate surface area is 130 Å². The molecule has 0 saturated carbocycles. The highest BCUT2D eigenvalue weighted by Gasteiger charge is 2.53. The van der Waals surface area contributed by atoms with E-state index < -0.39 is 35.2 Å². The van der Waals surface area contributed by atoms with Gasteiger partial charge in [0.1, 0.15) is 17.1 Å². The normalized spacial score (nSPS) is 23.7. The monoisotopic (exact) mass is 328 g/mol. The van der Waals surface area contributed by atoms with Gasteiger partial charge >= 0.3 is 11.9 Å². The van der Waals surface area contributed by atoms with Crippen LogP contribution in [0, 0.1) is 0 Å². The molecule has 2 amide bonds. The summed E-state index contributed by atoms with van der Waals surface area (Å²) in [6.45, 7) is 1.66. The second kappa shape index (κ2) is 6.39. The summed E-state index contributed by atoms with van der Waals surface area (Å²) in [7, 11) is 0. The van der Waals surface area contributed by atoms with Crippen LogP contribution in [0.1, 0.15) is 26.2 Å². The lowest BCUT2D eigenvalue weighted by Gasteiger charge is -2.49. The van der Waals surface area contributed by atoms with Gasteiger partial charge in [0.15, 0.2) is 0 Å². The zero-order valence-corrected chi connectivity index (χ0v) is 12.7. The fourth-order valence-electron chi connectivity index (χ4n) is 2.42. The summed E-state index contributed by atoms with van der Waals surface area (Å²) >= 11 is 1.40. The summed E-state index contributed by atoms with van der Waals surface area (Å²) in [4.78, 5) is 46.6. The van der Waals surface area contributed by atoms with Gasteiger partial charge in [-0.1, -0.05) is 0 Å². The first-order valence-electron chi connectivity index (χ1n) is 6.71. The molecule has 0 aromatic carbocycles. The molecule has 2 aliphatic heterocycles. The van der Waals surface area contributed by atoms with Crippen molar-refractivity contribution in [3.63, 3.8) is 0 Å². The predicted octanol–water partition coefficient (Wildman–Crippen LogP) is -0.000200. The van der Waals surface area contributed by atoms with Gasteiger partial charge in [0.2, 0.25) is 5.91 Å². The van der Waals surface area contributed by atoms with E-state index in [0.29, 0.717) is 11.3 Å². The third-order valence-electron chi connectivity index (χ3n) is 3.47. The molecule has 0 aromatic rings. The zero-order chi connectivity index (χ0) is 16.4. The molecule has 2 atom stereocenters. The number of fused-ring (bicyclic) bond motifs is 1. The lowest BCUT2D eigenvalue weighted by atomic mass is 10.0. The highest BCUT2D eigenvalue weighted by molar-refractivity contribution is 8.00. The van der Waals surface area contributed by atoms with Crippen LogP contribution in [0.2, 0.25) is 0 Å². The lowest BCUT2D eigenvalue weighted by molar-refractivity contribution is -0.150. The van der Waals surface area contributed by atoms with Crippen molar-refractivity contribution >= 4 is 35.5 Å². The Morgan fingerprint density at radius 3 is 2.59 bits per heavy atom. The van der Waals surface area contributed by atoms with Crippen molar-refractivity contribution in [2.24, 2.45) is 0 Å². The van der Waals surface area contributed by atoms with Gasteiger partial charge in [0, 0.05) is 18.6 Å². The second-order valence-electron chi connectivity index (χ2n) is 5.14. The number of hydrogen-bond acceptors (Lipinski definition) is 5. The number of amides is 2. The third-order valence-corrected chi connectivity index (χ3v) is 4.90. The molecule has 2 aliphatic rings. The highest BCUT2D eigenvalue weighted by atomic mass is 32.2. The summed E-state index contributed by atoms with van der Waals surface area (Å²) in [6, 6.07) is -0.746. The molecule has 22 heavy (non-hydrogen) atoms. The van der Waals surface area contributed by atoms with E-state index in [1.165, 1.54) is 16.7 Å². The molecule has 0 radical (unpaired) electrons. The lowest BCUT2D eigenvalue weighted by Crippen LogP contribution is -2.70. The fourth-order valence-corrected chi connectivity index (χ4v) is 3.71. The molecule has 9 heteroatoms. The summed E-state index contributed by atoms with van der Waals surface area (Å²) in [5, 5.41) is 19.8. The minimum Gasteiger partial charge on any atom is -0.481 e. The Kier molecular flexibility index (Phi) is 4.74. The number of nitrogens with zero attached hydrogens (tertiary/aromatic N) is 1. The Morgan fingerprint density at radius 2 is 2.00 bits per heavy atom. The van der Waals surface area contributed by atoms with E-state index in [4.69, 9.17) is 5.11 Å². The molecule has 0 unspecified atom stereocenters. The average molecular weight is 328 g/mol. The van der Waals surface area contributed by atoms with Crippen LogP contribution in [0.15, 0.2) is 11.3 Å². The van der Waals surface area contributed by atoms with E-state index in [-0.39, 0.29) is 25.0 Å². The van der Waals surface area contributed by atoms with E-state index in [0.717, 1.165) is 0 Å². The van der Waals surface area contributed by atoms with Crippen LogP contribution >= 0.6 is 11.8 Å². The number of carboxylic acid groups (broad SMARTS) is 2. The SMILES string of the molecule is CC1=C(C(=O)O)N2C(=O)[C@H](NC(=O)CCCC(=O)O)[C@H]2SC1. The minimum absolute atomic E-state index is 0.00914. The summed E-state index contributed by atoms with van der Waals surface area (Å²) in [5.41, 5.74) is 0.610. The number of thioether (sulfide) groups is 1. The van der Waals surface area contributed by atoms with Crippen LogP contribution in [0.5, 0.6) is 0 Å². The summed E-state index contributed by atoms with van der Waals surface area (Å²) < 4.78 is 0. The topological polar surface area (TPSA) is 124 Å². The van der Waals surface area contributed by atoms with Crippen molar-refractivity contribution in [2.45, 2.75) is 37.6 Å². The molecule has 3 N–H and O–H groups in total. The van der Waals surface area contributed by atoms with Gasteiger partial charge in [-0.05, 0) is 18.9 Å². The quantitative estimate of drug-likeness (QED) is 0.586. The van der Waals surface area contributed by atoms with Crippen LogP contribution in [-0.2, 0) is 19.2 Å². The van der Waals surface area contributed by atoms with E-state index in [9.17, 15) is 24.3 Å². The molecule has 0 aliphatic carbocycles. The molecule has 2 rings (SSSR count). The van der Waals surface area contributed by atoms with Crippen LogP contribution in [0.3, 0.4) is 0 Å². The van der Waals surface area contributed by atoms with Crippen molar-refractivity contribution < 1.29 is 29.4 Å². The van der Waals surface area contributed by atoms with Crippen molar-refractivity contribution in [3.05, 3.63) is 11.3 Å². The summed E-state index contributed by atoms with van der Waals surface area (Å²) in [6.07, 6.45) is 0.110. The number of nitrogens with one attached hydrogen (secondary N) is 1. The Hall–Kier alpha value is -2.03. The smallest absolute Gasteiger partial charge is 0.352 e. The number of carboxylic acids is 2. The van der Waals surface area contributed by atoms with Crippen molar-refractivity contribution in [1.82, 2.24) is 10.2 Å². The second-order valence-corrected chi connectivity index (χ2v) is 6.24. The van der Waals surface area contributed by atoms with Gasteiger partial charge in [-0.3, -0.25) is 19.3 Å². The largest absolute Gasteiger partial charge is 0.481 e.